The van der Waals surface area contributed by atoms with E-state index in [0.29, 0.717) is 16.9 Å². The number of benzene rings is 2. The summed E-state index contributed by atoms with van der Waals surface area (Å²) in [6.07, 6.45) is 0. The van der Waals surface area contributed by atoms with Crippen molar-refractivity contribution in [2.24, 2.45) is 0 Å². The molecule has 2 aromatic carbocycles. The molecule has 1 aromatic heterocycles. The van der Waals surface area contributed by atoms with Crippen molar-refractivity contribution in [1.82, 2.24) is 9.88 Å². The molecule has 0 atom stereocenters. The highest BCUT2D eigenvalue weighted by molar-refractivity contribution is 7.13. The third-order valence-corrected chi connectivity index (χ3v) is 4.70. The van der Waals surface area contributed by atoms with E-state index in [1.165, 1.54) is 21.8 Å². The molecule has 0 bridgehead atoms. The van der Waals surface area contributed by atoms with Gasteiger partial charge in [0.1, 0.15) is 10.7 Å². The Morgan fingerprint density at radius 2 is 1.81 bits per heavy atom. The summed E-state index contributed by atoms with van der Waals surface area (Å²) in [7, 11) is 3.38. The summed E-state index contributed by atoms with van der Waals surface area (Å²) < 4.78 is 0. The summed E-state index contributed by atoms with van der Waals surface area (Å²) in [5, 5.41) is 5.33. The molecule has 0 aliphatic rings. The van der Waals surface area contributed by atoms with Gasteiger partial charge in [-0.25, -0.2) is 4.98 Å². The highest BCUT2D eigenvalue weighted by Gasteiger charge is 2.14. The summed E-state index contributed by atoms with van der Waals surface area (Å²) in [6, 6.07) is 14.9. The average molecular weight is 365 g/mol. The van der Waals surface area contributed by atoms with Crippen LogP contribution in [0, 0.1) is 6.92 Å². The van der Waals surface area contributed by atoms with Crippen LogP contribution in [-0.4, -0.2) is 35.8 Å². The fourth-order valence-electron chi connectivity index (χ4n) is 2.39. The van der Waals surface area contributed by atoms with E-state index < -0.39 is 0 Å². The van der Waals surface area contributed by atoms with Crippen LogP contribution in [0.4, 0.5) is 5.69 Å². The first-order valence-electron chi connectivity index (χ1n) is 8.09. The number of aromatic nitrogens is 1. The fourth-order valence-corrected chi connectivity index (χ4v) is 3.20. The monoisotopic (exact) mass is 365 g/mol. The van der Waals surface area contributed by atoms with Gasteiger partial charge in [-0.05, 0) is 25.1 Å². The molecule has 5 nitrogen and oxygen atoms in total. The van der Waals surface area contributed by atoms with Crippen molar-refractivity contribution in [2.75, 3.05) is 19.4 Å². The minimum absolute atomic E-state index is 0.114. The van der Waals surface area contributed by atoms with Crippen molar-refractivity contribution >= 4 is 28.8 Å². The van der Waals surface area contributed by atoms with Crippen molar-refractivity contribution < 1.29 is 9.59 Å². The van der Waals surface area contributed by atoms with E-state index in [9.17, 15) is 9.59 Å². The predicted octanol–water partition coefficient (Wildman–Crippen LogP) is 4.07. The third kappa shape index (κ3) is 3.97. The topological polar surface area (TPSA) is 62.3 Å². The van der Waals surface area contributed by atoms with Gasteiger partial charge in [0.25, 0.3) is 11.8 Å². The van der Waals surface area contributed by atoms with Crippen LogP contribution in [0.5, 0.6) is 0 Å². The van der Waals surface area contributed by atoms with Gasteiger partial charge in [-0.1, -0.05) is 35.9 Å². The van der Waals surface area contributed by atoms with Crippen molar-refractivity contribution in [3.05, 3.63) is 70.7 Å². The Bertz CT molecular complexity index is 946. The summed E-state index contributed by atoms with van der Waals surface area (Å²) in [6.45, 7) is 2.03. The van der Waals surface area contributed by atoms with Gasteiger partial charge in [0.2, 0.25) is 0 Å². The number of thiazole rings is 1. The first kappa shape index (κ1) is 17.8. The molecular formula is C20H19N3O2S. The summed E-state index contributed by atoms with van der Waals surface area (Å²) in [5.41, 5.74) is 3.60. The van der Waals surface area contributed by atoms with E-state index in [2.05, 4.69) is 10.3 Å². The second kappa shape index (κ2) is 7.49. The second-order valence-corrected chi connectivity index (χ2v) is 7.00. The first-order chi connectivity index (χ1) is 12.4. The zero-order valence-electron chi connectivity index (χ0n) is 14.8. The van der Waals surface area contributed by atoms with Crippen LogP contribution >= 0.6 is 11.3 Å². The lowest BCUT2D eigenvalue weighted by atomic mass is 10.1. The van der Waals surface area contributed by atoms with E-state index in [0.717, 1.165) is 10.6 Å². The van der Waals surface area contributed by atoms with Gasteiger partial charge in [-0.3, -0.25) is 9.59 Å². The largest absolute Gasteiger partial charge is 0.345 e. The van der Waals surface area contributed by atoms with E-state index in [1.807, 2.05) is 31.2 Å². The molecule has 0 aliphatic heterocycles. The zero-order valence-corrected chi connectivity index (χ0v) is 15.6. The molecule has 132 valence electrons. The molecule has 0 aliphatic carbocycles. The van der Waals surface area contributed by atoms with Crippen LogP contribution in [0.3, 0.4) is 0 Å². The number of hydrogen-bond acceptors (Lipinski definition) is 4. The Kier molecular flexibility index (Phi) is 5.14. The van der Waals surface area contributed by atoms with Crippen LogP contribution in [0.1, 0.15) is 26.4 Å². The average Bonchev–Trinajstić information content (AvgIpc) is 3.12. The fraction of sp³-hybridized carbons (Fsp3) is 0.150. The molecule has 0 unspecified atom stereocenters. The van der Waals surface area contributed by atoms with Crippen LogP contribution in [-0.2, 0) is 0 Å². The number of amides is 2. The maximum Gasteiger partial charge on any atom is 0.275 e. The van der Waals surface area contributed by atoms with E-state index in [-0.39, 0.29) is 11.8 Å². The molecule has 0 fully saturated rings. The number of nitrogens with zero attached hydrogens (tertiary/aromatic N) is 2. The van der Waals surface area contributed by atoms with Crippen molar-refractivity contribution in [2.45, 2.75) is 6.92 Å². The Hall–Kier alpha value is -2.99. The van der Waals surface area contributed by atoms with Crippen molar-refractivity contribution in [3.63, 3.8) is 0 Å². The Balaban J connectivity index is 1.76. The molecule has 3 rings (SSSR count). The SMILES string of the molecule is Cc1ccc(-c2nc(C(=O)Nc3cccc(C(=O)N(C)C)c3)cs2)cc1. The van der Waals surface area contributed by atoms with Crippen LogP contribution in [0.2, 0.25) is 0 Å². The molecule has 0 saturated heterocycles. The molecule has 3 aromatic rings. The summed E-state index contributed by atoms with van der Waals surface area (Å²) in [4.78, 5) is 30.4. The number of anilines is 1. The number of aryl methyl sites for hydroxylation is 1. The lowest BCUT2D eigenvalue weighted by molar-refractivity contribution is 0.0827. The van der Waals surface area contributed by atoms with Gasteiger partial charge < -0.3 is 10.2 Å². The van der Waals surface area contributed by atoms with E-state index in [4.69, 9.17) is 0 Å². The molecule has 6 heteroatoms. The Labute approximate surface area is 156 Å². The number of carbonyl (C=O) groups excluding carboxylic acids is 2. The Morgan fingerprint density at radius 1 is 1.08 bits per heavy atom. The van der Waals surface area contributed by atoms with Crippen LogP contribution in [0.15, 0.2) is 53.9 Å². The number of nitrogens with one attached hydrogen (secondary N) is 1. The minimum Gasteiger partial charge on any atom is -0.345 e. The predicted molar refractivity (Wildman–Crippen MR) is 105 cm³/mol. The van der Waals surface area contributed by atoms with Crippen molar-refractivity contribution in [1.29, 1.82) is 0 Å². The quantitative estimate of drug-likeness (QED) is 0.758. The second-order valence-electron chi connectivity index (χ2n) is 6.14. The highest BCUT2D eigenvalue weighted by Crippen LogP contribution is 2.24. The van der Waals surface area contributed by atoms with Crippen LogP contribution in [0.25, 0.3) is 10.6 Å². The van der Waals surface area contributed by atoms with Gasteiger partial charge in [-0.15, -0.1) is 11.3 Å². The lowest BCUT2D eigenvalue weighted by Gasteiger charge is -2.11. The van der Waals surface area contributed by atoms with Gasteiger partial charge in [-0.2, -0.15) is 0 Å². The third-order valence-electron chi connectivity index (χ3n) is 3.81. The summed E-state index contributed by atoms with van der Waals surface area (Å²) >= 11 is 1.43. The molecule has 1 heterocycles. The zero-order chi connectivity index (χ0) is 18.7. The van der Waals surface area contributed by atoms with Gasteiger partial charge in [0, 0.05) is 36.3 Å². The number of hydrogen-bond donors (Lipinski definition) is 1. The van der Waals surface area contributed by atoms with Crippen LogP contribution < -0.4 is 5.32 Å². The maximum atomic E-state index is 12.5. The van der Waals surface area contributed by atoms with E-state index in [1.54, 1.807) is 43.7 Å². The molecule has 2 amide bonds. The summed E-state index contributed by atoms with van der Waals surface area (Å²) in [5.74, 6) is -0.412. The maximum absolute atomic E-state index is 12.5. The van der Waals surface area contributed by atoms with E-state index >= 15 is 0 Å². The van der Waals surface area contributed by atoms with Gasteiger partial charge >= 0.3 is 0 Å². The van der Waals surface area contributed by atoms with Gasteiger partial charge in [0.05, 0.1) is 0 Å². The molecule has 1 N–H and O–H groups in total. The number of rotatable bonds is 4. The first-order valence-corrected chi connectivity index (χ1v) is 8.97. The van der Waals surface area contributed by atoms with Gasteiger partial charge in [0.15, 0.2) is 0 Å². The lowest BCUT2D eigenvalue weighted by Crippen LogP contribution is -2.22. The minimum atomic E-state index is -0.297. The normalized spacial score (nSPS) is 10.4. The number of carbonyl (C=O) groups is 2. The molecule has 26 heavy (non-hydrogen) atoms. The smallest absolute Gasteiger partial charge is 0.275 e. The Morgan fingerprint density at radius 3 is 2.50 bits per heavy atom. The standard InChI is InChI=1S/C20H19N3O2S/c1-13-7-9-14(10-8-13)19-22-17(12-26-19)18(24)21-16-6-4-5-15(11-16)20(25)23(2)3/h4-12H,1-3H3,(H,21,24). The molecule has 0 spiro atoms. The molecule has 0 radical (unpaired) electrons. The van der Waals surface area contributed by atoms with Crippen molar-refractivity contribution in [3.8, 4) is 10.6 Å². The highest BCUT2D eigenvalue weighted by atomic mass is 32.1. The molecular weight excluding hydrogens is 346 g/mol. The molecule has 0 saturated carbocycles.